The molecule has 4 rings (SSSR count). The zero-order chi connectivity index (χ0) is 18.5. The number of nitrogens with zero attached hydrogens (tertiary/aromatic N) is 3. The summed E-state index contributed by atoms with van der Waals surface area (Å²) < 4.78 is 0. The van der Waals surface area contributed by atoms with Crippen LogP contribution in [0.4, 0.5) is 0 Å². The maximum Gasteiger partial charge on any atom is 0.0542 e. The van der Waals surface area contributed by atoms with Crippen molar-refractivity contribution < 1.29 is 0 Å². The number of piperazine rings is 1. The first-order valence-electron chi connectivity index (χ1n) is 9.88. The first kappa shape index (κ1) is 17.7. The van der Waals surface area contributed by atoms with E-state index in [1.54, 1.807) is 0 Å². The average Bonchev–Trinajstić information content (AvgIpc) is 2.74. The number of aryl methyl sites for hydroxylation is 1. The number of hydrogen-bond acceptors (Lipinski definition) is 3. The van der Waals surface area contributed by atoms with E-state index in [2.05, 4.69) is 88.7 Å². The molecule has 1 saturated heterocycles. The first-order valence-corrected chi connectivity index (χ1v) is 9.88. The van der Waals surface area contributed by atoms with E-state index < -0.39 is 0 Å². The van der Waals surface area contributed by atoms with Crippen molar-refractivity contribution in [1.82, 2.24) is 9.91 Å². The maximum absolute atomic E-state index is 4.68. The van der Waals surface area contributed by atoms with Gasteiger partial charge in [-0.3, -0.25) is 9.91 Å². The van der Waals surface area contributed by atoms with Crippen molar-refractivity contribution in [3.05, 3.63) is 83.4 Å². The number of rotatable bonds is 5. The molecule has 0 aromatic heterocycles. The van der Waals surface area contributed by atoms with Crippen LogP contribution in [0.5, 0.6) is 0 Å². The highest BCUT2D eigenvalue weighted by Gasteiger charge is 2.16. The van der Waals surface area contributed by atoms with Gasteiger partial charge in [-0.15, -0.1) is 0 Å². The number of hydrogen-bond donors (Lipinski definition) is 0. The lowest BCUT2D eigenvalue weighted by molar-refractivity contribution is 0.131. The topological polar surface area (TPSA) is 18.8 Å². The third-order valence-corrected chi connectivity index (χ3v) is 5.38. The Morgan fingerprint density at radius 3 is 2.37 bits per heavy atom. The van der Waals surface area contributed by atoms with E-state index >= 15 is 0 Å². The van der Waals surface area contributed by atoms with E-state index in [0.29, 0.717) is 0 Å². The van der Waals surface area contributed by atoms with Gasteiger partial charge < -0.3 is 0 Å². The Morgan fingerprint density at radius 1 is 0.852 bits per heavy atom. The number of benzene rings is 3. The predicted molar refractivity (Wildman–Crippen MR) is 114 cm³/mol. The van der Waals surface area contributed by atoms with Crippen LogP contribution in [0.3, 0.4) is 0 Å². The smallest absolute Gasteiger partial charge is 0.0542 e. The molecule has 3 aromatic rings. The minimum atomic E-state index is 0.980. The zero-order valence-electron chi connectivity index (χ0n) is 16.0. The van der Waals surface area contributed by atoms with Gasteiger partial charge in [0.2, 0.25) is 0 Å². The molecular formula is C24H27N3. The van der Waals surface area contributed by atoms with Crippen LogP contribution >= 0.6 is 0 Å². The van der Waals surface area contributed by atoms with Crippen LogP contribution in [-0.4, -0.2) is 42.3 Å². The van der Waals surface area contributed by atoms with Crippen LogP contribution in [0, 0.1) is 0 Å². The van der Waals surface area contributed by atoms with Gasteiger partial charge in [0.1, 0.15) is 0 Å². The second-order valence-electron chi connectivity index (χ2n) is 7.21. The van der Waals surface area contributed by atoms with E-state index in [0.717, 1.165) is 39.1 Å². The van der Waals surface area contributed by atoms with E-state index in [4.69, 9.17) is 0 Å². The van der Waals surface area contributed by atoms with Crippen LogP contribution < -0.4 is 0 Å². The summed E-state index contributed by atoms with van der Waals surface area (Å²) >= 11 is 0. The third kappa shape index (κ3) is 4.37. The highest BCUT2D eigenvalue weighted by Crippen LogP contribution is 2.20. The quantitative estimate of drug-likeness (QED) is 0.624. The van der Waals surface area contributed by atoms with Gasteiger partial charge in [0.05, 0.1) is 6.21 Å². The molecule has 0 unspecified atom stereocenters. The van der Waals surface area contributed by atoms with Crippen LogP contribution in [0.15, 0.2) is 71.8 Å². The second kappa shape index (κ2) is 8.36. The summed E-state index contributed by atoms with van der Waals surface area (Å²) in [6.07, 6.45) is 3.07. The fourth-order valence-electron chi connectivity index (χ4n) is 3.67. The summed E-state index contributed by atoms with van der Waals surface area (Å²) in [5.74, 6) is 0. The molecule has 138 valence electrons. The molecule has 0 bridgehead atoms. The van der Waals surface area contributed by atoms with Crippen molar-refractivity contribution in [2.24, 2.45) is 5.10 Å². The molecular weight excluding hydrogens is 330 g/mol. The van der Waals surface area contributed by atoms with Gasteiger partial charge in [0, 0.05) is 32.7 Å². The first-order chi connectivity index (χ1) is 13.3. The van der Waals surface area contributed by atoms with Gasteiger partial charge in [0.15, 0.2) is 0 Å². The molecule has 0 saturated carbocycles. The summed E-state index contributed by atoms with van der Waals surface area (Å²) in [7, 11) is 0. The molecule has 27 heavy (non-hydrogen) atoms. The van der Waals surface area contributed by atoms with E-state index in [-0.39, 0.29) is 0 Å². The highest BCUT2D eigenvalue weighted by atomic mass is 15.5. The lowest BCUT2D eigenvalue weighted by Gasteiger charge is -2.33. The molecule has 0 aliphatic carbocycles. The number of hydrazone groups is 1. The molecule has 0 N–H and O–H groups in total. The Hall–Kier alpha value is -2.65. The van der Waals surface area contributed by atoms with Gasteiger partial charge in [-0.05, 0) is 33.9 Å². The Bertz CT molecular complexity index is 901. The summed E-state index contributed by atoms with van der Waals surface area (Å²) in [4.78, 5) is 2.53. The summed E-state index contributed by atoms with van der Waals surface area (Å²) in [5, 5.41) is 9.57. The minimum absolute atomic E-state index is 0.980. The van der Waals surface area contributed by atoms with Gasteiger partial charge in [-0.25, -0.2) is 0 Å². The van der Waals surface area contributed by atoms with Crippen LogP contribution in [0.25, 0.3) is 10.8 Å². The van der Waals surface area contributed by atoms with Crippen LogP contribution in [-0.2, 0) is 13.0 Å². The molecule has 0 radical (unpaired) electrons. The number of fused-ring (bicyclic) bond motifs is 1. The van der Waals surface area contributed by atoms with Gasteiger partial charge in [-0.2, -0.15) is 5.10 Å². The Kier molecular flexibility index (Phi) is 5.50. The fourth-order valence-corrected chi connectivity index (χ4v) is 3.67. The fraction of sp³-hybridized carbons (Fsp3) is 0.292. The van der Waals surface area contributed by atoms with Crippen molar-refractivity contribution in [2.45, 2.75) is 19.9 Å². The molecule has 3 nitrogen and oxygen atoms in total. The predicted octanol–water partition coefficient (Wildman–Crippen LogP) is 4.55. The van der Waals surface area contributed by atoms with E-state index in [1.807, 2.05) is 6.21 Å². The summed E-state index contributed by atoms with van der Waals surface area (Å²) in [5.41, 5.74) is 3.96. The molecule has 3 heteroatoms. The van der Waals surface area contributed by atoms with Gasteiger partial charge in [0.25, 0.3) is 0 Å². The summed E-state index contributed by atoms with van der Waals surface area (Å²) in [6.45, 7) is 7.26. The molecule has 3 aromatic carbocycles. The highest BCUT2D eigenvalue weighted by molar-refractivity contribution is 5.85. The van der Waals surface area contributed by atoms with E-state index in [9.17, 15) is 0 Å². The minimum Gasteiger partial charge on any atom is -0.295 e. The van der Waals surface area contributed by atoms with Crippen LogP contribution in [0.1, 0.15) is 23.6 Å². The molecule has 1 aliphatic rings. The van der Waals surface area contributed by atoms with Crippen molar-refractivity contribution in [3.8, 4) is 0 Å². The van der Waals surface area contributed by atoms with Crippen molar-refractivity contribution in [1.29, 1.82) is 0 Å². The SMILES string of the molecule is CCc1ccc(/C=N\N2CCN(Cc3cccc4ccccc34)CC2)cc1. The Balaban J connectivity index is 1.34. The lowest BCUT2D eigenvalue weighted by Crippen LogP contribution is -2.43. The van der Waals surface area contributed by atoms with Gasteiger partial charge in [-0.1, -0.05) is 73.7 Å². The Morgan fingerprint density at radius 2 is 1.59 bits per heavy atom. The molecule has 1 heterocycles. The van der Waals surface area contributed by atoms with Gasteiger partial charge >= 0.3 is 0 Å². The summed E-state index contributed by atoms with van der Waals surface area (Å²) in [6, 6.07) is 24.0. The van der Waals surface area contributed by atoms with Crippen LogP contribution in [0.2, 0.25) is 0 Å². The lowest BCUT2D eigenvalue weighted by atomic mass is 10.0. The largest absolute Gasteiger partial charge is 0.295 e. The monoisotopic (exact) mass is 357 g/mol. The molecule has 0 atom stereocenters. The molecule has 0 spiro atoms. The second-order valence-corrected chi connectivity index (χ2v) is 7.21. The normalized spacial score (nSPS) is 15.7. The van der Waals surface area contributed by atoms with Crippen molar-refractivity contribution in [3.63, 3.8) is 0 Å². The molecule has 1 fully saturated rings. The maximum atomic E-state index is 4.68. The van der Waals surface area contributed by atoms with E-state index in [1.165, 1.54) is 27.5 Å². The van der Waals surface area contributed by atoms with Crippen molar-refractivity contribution in [2.75, 3.05) is 26.2 Å². The van der Waals surface area contributed by atoms with Crippen molar-refractivity contribution >= 4 is 17.0 Å². The Labute approximate surface area is 161 Å². The molecule has 1 aliphatic heterocycles. The third-order valence-electron chi connectivity index (χ3n) is 5.38. The zero-order valence-corrected chi connectivity index (χ0v) is 16.0. The average molecular weight is 358 g/mol. The molecule has 0 amide bonds. The standard InChI is InChI=1S/C24H27N3/c1-2-20-10-12-21(13-11-20)18-25-27-16-14-26(15-17-27)19-23-8-5-7-22-6-3-4-9-24(22)23/h3-13,18H,2,14-17,19H2,1H3/b25-18-.